The van der Waals surface area contributed by atoms with E-state index in [-0.39, 0.29) is 18.0 Å². The fourth-order valence-electron chi connectivity index (χ4n) is 3.13. The van der Waals surface area contributed by atoms with E-state index < -0.39 is 40.6 Å². The van der Waals surface area contributed by atoms with Crippen molar-refractivity contribution in [2.24, 2.45) is 0 Å². The first kappa shape index (κ1) is 19.3. The van der Waals surface area contributed by atoms with Gasteiger partial charge in [-0.05, 0) is 31.9 Å². The number of carbonyl (C=O) groups excluding carboxylic acids is 3. The van der Waals surface area contributed by atoms with Crippen LogP contribution in [0.3, 0.4) is 0 Å². The van der Waals surface area contributed by atoms with Crippen molar-refractivity contribution in [1.29, 1.82) is 0 Å². The molecule has 1 aromatic rings. The van der Waals surface area contributed by atoms with Crippen molar-refractivity contribution in [2.75, 3.05) is 26.2 Å². The molecule has 1 N–H and O–H groups in total. The number of urea groups is 1. The second-order valence-corrected chi connectivity index (χ2v) is 8.36. The Kier molecular flexibility index (Phi) is 5.47. The third-order valence-corrected chi connectivity index (χ3v) is 6.52. The highest BCUT2D eigenvalue weighted by Crippen LogP contribution is 2.27. The molecule has 27 heavy (non-hydrogen) atoms. The summed E-state index contributed by atoms with van der Waals surface area (Å²) in [5, 5.41) is 2.48. The fourth-order valence-corrected chi connectivity index (χ4v) is 4.77. The number of hydrogen-bond acceptors (Lipinski definition) is 6. The Hall–Kier alpha value is -2.46. The Morgan fingerprint density at radius 2 is 1.93 bits per heavy atom. The van der Waals surface area contributed by atoms with Gasteiger partial charge in [-0.1, -0.05) is 17.7 Å². The molecule has 0 bridgehead atoms. The number of aryl methyl sites for hydroxylation is 1. The predicted molar refractivity (Wildman–Crippen MR) is 94.2 cm³/mol. The van der Waals surface area contributed by atoms with Crippen LogP contribution in [-0.4, -0.2) is 67.8 Å². The standard InChI is InChI=1S/C17H21N3O6S/c1-12-4-6-13(7-5-12)27(24,25)20-9-2-3-14(20)16(22)26-11-15(21)19-10-8-18-17(19)23/h4-7,14H,2-3,8-11H2,1H3,(H,18,23)/t14-/m0/s1. The van der Waals surface area contributed by atoms with Crippen molar-refractivity contribution in [2.45, 2.75) is 30.7 Å². The summed E-state index contributed by atoms with van der Waals surface area (Å²) in [7, 11) is -3.84. The summed E-state index contributed by atoms with van der Waals surface area (Å²) in [6.07, 6.45) is 0.843. The van der Waals surface area contributed by atoms with Crippen LogP contribution in [0.15, 0.2) is 29.2 Å². The second kappa shape index (κ2) is 7.65. The van der Waals surface area contributed by atoms with Crippen LogP contribution in [0.2, 0.25) is 0 Å². The summed E-state index contributed by atoms with van der Waals surface area (Å²) in [5.74, 6) is -1.42. The zero-order chi connectivity index (χ0) is 19.6. The molecule has 0 radical (unpaired) electrons. The predicted octanol–water partition coefficient (Wildman–Crippen LogP) is 0.243. The first-order valence-electron chi connectivity index (χ1n) is 8.64. The Morgan fingerprint density at radius 3 is 2.56 bits per heavy atom. The van der Waals surface area contributed by atoms with Gasteiger partial charge in [0.15, 0.2) is 6.61 Å². The topological polar surface area (TPSA) is 113 Å². The fraction of sp³-hybridized carbons (Fsp3) is 0.471. The van der Waals surface area contributed by atoms with E-state index >= 15 is 0 Å². The highest BCUT2D eigenvalue weighted by atomic mass is 32.2. The molecule has 2 aliphatic rings. The average Bonchev–Trinajstić information content (AvgIpc) is 3.29. The maximum Gasteiger partial charge on any atom is 0.324 e. The van der Waals surface area contributed by atoms with Gasteiger partial charge in [-0.15, -0.1) is 0 Å². The molecular weight excluding hydrogens is 374 g/mol. The Bertz CT molecular complexity index is 852. The molecular formula is C17H21N3O6S. The van der Waals surface area contributed by atoms with Crippen molar-refractivity contribution in [3.8, 4) is 0 Å². The number of hydrogen-bond donors (Lipinski definition) is 1. The van der Waals surface area contributed by atoms with Gasteiger partial charge >= 0.3 is 12.0 Å². The highest BCUT2D eigenvalue weighted by molar-refractivity contribution is 7.89. The van der Waals surface area contributed by atoms with Crippen LogP contribution in [-0.2, 0) is 24.3 Å². The van der Waals surface area contributed by atoms with Gasteiger partial charge in [0.2, 0.25) is 10.0 Å². The minimum absolute atomic E-state index is 0.109. The van der Waals surface area contributed by atoms with Crippen molar-refractivity contribution in [3.63, 3.8) is 0 Å². The van der Waals surface area contributed by atoms with Crippen LogP contribution in [0.25, 0.3) is 0 Å². The number of nitrogens with zero attached hydrogens (tertiary/aromatic N) is 2. The second-order valence-electron chi connectivity index (χ2n) is 6.47. The van der Waals surface area contributed by atoms with Crippen molar-refractivity contribution >= 4 is 27.9 Å². The molecule has 3 amide bonds. The number of benzene rings is 1. The number of ether oxygens (including phenoxy) is 1. The largest absolute Gasteiger partial charge is 0.454 e. The molecule has 1 atom stereocenters. The smallest absolute Gasteiger partial charge is 0.324 e. The third kappa shape index (κ3) is 3.96. The number of imide groups is 1. The quantitative estimate of drug-likeness (QED) is 0.715. The van der Waals surface area contributed by atoms with Gasteiger partial charge in [0.05, 0.1) is 4.90 Å². The molecule has 2 aliphatic heterocycles. The number of sulfonamides is 1. The maximum absolute atomic E-state index is 12.8. The van der Waals surface area contributed by atoms with Gasteiger partial charge < -0.3 is 10.1 Å². The van der Waals surface area contributed by atoms with Gasteiger partial charge in [-0.3, -0.25) is 14.5 Å². The molecule has 0 spiro atoms. The van der Waals surface area contributed by atoms with Crippen LogP contribution in [0.5, 0.6) is 0 Å². The van der Waals surface area contributed by atoms with E-state index in [0.717, 1.165) is 14.8 Å². The lowest BCUT2D eigenvalue weighted by atomic mass is 10.2. The highest BCUT2D eigenvalue weighted by Gasteiger charge is 2.40. The number of esters is 1. The van der Waals surface area contributed by atoms with E-state index in [4.69, 9.17) is 4.74 Å². The minimum Gasteiger partial charge on any atom is -0.454 e. The van der Waals surface area contributed by atoms with Crippen LogP contribution in [0.4, 0.5) is 4.79 Å². The Morgan fingerprint density at radius 1 is 1.22 bits per heavy atom. The van der Waals surface area contributed by atoms with E-state index in [0.29, 0.717) is 19.4 Å². The van der Waals surface area contributed by atoms with Crippen LogP contribution < -0.4 is 5.32 Å². The van der Waals surface area contributed by atoms with E-state index in [1.54, 1.807) is 12.1 Å². The molecule has 0 unspecified atom stereocenters. The molecule has 2 saturated heterocycles. The molecule has 1 aromatic carbocycles. The summed E-state index contributed by atoms with van der Waals surface area (Å²) in [6.45, 7) is 2.03. The number of nitrogens with one attached hydrogen (secondary N) is 1. The van der Waals surface area contributed by atoms with Gasteiger partial charge in [0, 0.05) is 19.6 Å². The molecule has 10 heteroatoms. The van der Waals surface area contributed by atoms with Crippen molar-refractivity contribution in [1.82, 2.24) is 14.5 Å². The lowest BCUT2D eigenvalue weighted by Gasteiger charge is -2.23. The monoisotopic (exact) mass is 395 g/mol. The van der Waals surface area contributed by atoms with Gasteiger partial charge in [0.1, 0.15) is 6.04 Å². The van der Waals surface area contributed by atoms with Crippen LogP contribution in [0, 0.1) is 6.92 Å². The zero-order valence-corrected chi connectivity index (χ0v) is 15.7. The van der Waals surface area contributed by atoms with E-state index in [2.05, 4.69) is 5.32 Å². The van der Waals surface area contributed by atoms with E-state index in [1.807, 2.05) is 6.92 Å². The number of carbonyl (C=O) groups is 3. The Labute approximate surface area is 157 Å². The number of amides is 3. The molecule has 0 aromatic heterocycles. The molecule has 146 valence electrons. The normalized spacial score (nSPS) is 20.6. The third-order valence-electron chi connectivity index (χ3n) is 4.60. The van der Waals surface area contributed by atoms with Crippen molar-refractivity contribution < 1.29 is 27.5 Å². The Balaban J connectivity index is 1.66. The summed E-state index contributed by atoms with van der Waals surface area (Å²) in [5.41, 5.74) is 0.927. The summed E-state index contributed by atoms with van der Waals surface area (Å²) in [4.78, 5) is 36.9. The first-order valence-corrected chi connectivity index (χ1v) is 10.1. The summed E-state index contributed by atoms with van der Waals surface area (Å²) >= 11 is 0. The van der Waals surface area contributed by atoms with Crippen LogP contribution >= 0.6 is 0 Å². The van der Waals surface area contributed by atoms with E-state index in [9.17, 15) is 22.8 Å². The molecule has 3 rings (SSSR count). The molecule has 2 heterocycles. The summed E-state index contributed by atoms with van der Waals surface area (Å²) < 4.78 is 31.8. The lowest BCUT2D eigenvalue weighted by Crippen LogP contribution is -2.43. The van der Waals surface area contributed by atoms with Crippen LogP contribution in [0.1, 0.15) is 18.4 Å². The minimum atomic E-state index is -3.84. The SMILES string of the molecule is Cc1ccc(S(=O)(=O)N2CCC[C@H]2C(=O)OCC(=O)N2CCNC2=O)cc1. The average molecular weight is 395 g/mol. The maximum atomic E-state index is 12.8. The molecule has 0 saturated carbocycles. The molecule has 9 nitrogen and oxygen atoms in total. The molecule has 0 aliphatic carbocycles. The van der Waals surface area contributed by atoms with Gasteiger partial charge in [-0.25, -0.2) is 13.2 Å². The van der Waals surface area contributed by atoms with Gasteiger partial charge in [0.25, 0.3) is 5.91 Å². The first-order chi connectivity index (χ1) is 12.8. The number of rotatable bonds is 5. The molecule has 2 fully saturated rings. The lowest BCUT2D eigenvalue weighted by molar-refractivity contribution is -0.153. The van der Waals surface area contributed by atoms with Crippen molar-refractivity contribution in [3.05, 3.63) is 29.8 Å². The zero-order valence-electron chi connectivity index (χ0n) is 14.9. The van der Waals surface area contributed by atoms with Gasteiger partial charge in [-0.2, -0.15) is 4.31 Å². The van der Waals surface area contributed by atoms with E-state index in [1.165, 1.54) is 12.1 Å². The summed E-state index contributed by atoms with van der Waals surface area (Å²) in [6, 6.07) is 4.88.